The summed E-state index contributed by atoms with van der Waals surface area (Å²) in [6.45, 7) is -1.11. The number of halogens is 5. The maximum absolute atomic E-state index is 13.0. The van der Waals surface area contributed by atoms with E-state index < -0.39 is 35.9 Å². The fourth-order valence-electron chi connectivity index (χ4n) is 3.06. The highest BCUT2D eigenvalue weighted by Crippen LogP contribution is 2.28. The molecule has 2 aromatic carbocycles. The molecule has 0 saturated carbocycles. The van der Waals surface area contributed by atoms with Crippen molar-refractivity contribution in [3.8, 4) is 0 Å². The summed E-state index contributed by atoms with van der Waals surface area (Å²) in [4.78, 5) is 35.5. The van der Waals surface area contributed by atoms with E-state index in [9.17, 15) is 32.9 Å². The second kappa shape index (κ2) is 9.13. The molecule has 166 valence electrons. The minimum Gasteiger partial charge on any atom is -0.326 e. The van der Waals surface area contributed by atoms with Crippen LogP contribution in [-0.4, -0.2) is 40.8 Å². The molecular formula is C21H13Cl2F3N2O4. The van der Waals surface area contributed by atoms with Gasteiger partial charge in [-0.3, -0.25) is 19.7 Å². The predicted octanol–water partition coefficient (Wildman–Crippen LogP) is 5.34. The van der Waals surface area contributed by atoms with Gasteiger partial charge in [0.2, 0.25) is 0 Å². The number of nitro benzene ring substituents is 1. The number of non-ortho nitro benzene ring substituents is 1. The minimum absolute atomic E-state index is 0.0552. The highest BCUT2D eigenvalue weighted by atomic mass is 35.5. The molecule has 1 aliphatic rings. The molecular weight excluding hydrogens is 472 g/mol. The number of ketones is 1. The Morgan fingerprint density at radius 3 is 2.00 bits per heavy atom. The van der Waals surface area contributed by atoms with Crippen molar-refractivity contribution >= 4 is 52.7 Å². The Hall–Kier alpha value is -3.17. The van der Waals surface area contributed by atoms with E-state index >= 15 is 0 Å². The Labute approximate surface area is 189 Å². The quantitative estimate of drug-likeness (QED) is 0.334. The molecule has 1 heterocycles. The van der Waals surface area contributed by atoms with Crippen LogP contribution in [0.1, 0.15) is 11.1 Å². The van der Waals surface area contributed by atoms with Gasteiger partial charge >= 0.3 is 12.1 Å². The van der Waals surface area contributed by atoms with Gasteiger partial charge in [0.25, 0.3) is 5.69 Å². The first-order chi connectivity index (χ1) is 15.0. The molecule has 0 aromatic heterocycles. The standard InChI is InChI=1S/C21H13Cl2F3N2O4/c22-17-6-3-13(9-18(17)23)8-15-11-27(20(30)21(24,25)26)10-14(19(15)29)7-12-1-4-16(5-2-12)28(31)32/h1-9H,10-11H2/b14-7+,15-8+. The maximum atomic E-state index is 13.0. The van der Waals surface area contributed by atoms with Gasteiger partial charge < -0.3 is 4.90 Å². The number of carbonyl (C=O) groups excluding carboxylic acids is 2. The number of nitro groups is 1. The van der Waals surface area contributed by atoms with Crippen LogP contribution in [0.4, 0.5) is 18.9 Å². The van der Waals surface area contributed by atoms with Gasteiger partial charge in [0.1, 0.15) is 0 Å². The van der Waals surface area contributed by atoms with Crippen LogP contribution in [0.5, 0.6) is 0 Å². The molecule has 0 N–H and O–H groups in total. The van der Waals surface area contributed by atoms with Crippen LogP contribution in [0.2, 0.25) is 10.0 Å². The topological polar surface area (TPSA) is 80.5 Å². The van der Waals surface area contributed by atoms with Gasteiger partial charge in [0, 0.05) is 23.3 Å². The Kier molecular flexibility index (Phi) is 6.71. The lowest BCUT2D eigenvalue weighted by Crippen LogP contribution is -2.47. The average Bonchev–Trinajstić information content (AvgIpc) is 2.72. The number of rotatable bonds is 3. The molecule has 32 heavy (non-hydrogen) atoms. The van der Waals surface area contributed by atoms with Gasteiger partial charge in [-0.15, -0.1) is 0 Å². The smallest absolute Gasteiger partial charge is 0.326 e. The SMILES string of the molecule is O=C1/C(=C/c2ccc([N+](=O)[O-])cc2)CN(C(=O)C(F)(F)F)C/C1=C\c1ccc(Cl)c(Cl)c1. The molecule has 0 atom stereocenters. The molecule has 2 aromatic rings. The Morgan fingerprint density at radius 1 is 0.969 bits per heavy atom. The van der Waals surface area contributed by atoms with Gasteiger partial charge in [0.05, 0.1) is 28.1 Å². The zero-order valence-electron chi connectivity index (χ0n) is 16.0. The van der Waals surface area contributed by atoms with Crippen molar-refractivity contribution in [2.75, 3.05) is 13.1 Å². The summed E-state index contributed by atoms with van der Waals surface area (Å²) in [6, 6.07) is 9.54. The molecule has 0 radical (unpaired) electrons. The highest BCUT2D eigenvalue weighted by Gasteiger charge is 2.44. The number of alkyl halides is 3. The number of hydrogen-bond donors (Lipinski definition) is 0. The van der Waals surface area contributed by atoms with Crippen molar-refractivity contribution in [1.29, 1.82) is 0 Å². The Balaban J connectivity index is 2.02. The summed E-state index contributed by atoms with van der Waals surface area (Å²) < 4.78 is 39.1. The third-order valence-corrected chi connectivity index (χ3v) is 5.30. The predicted molar refractivity (Wildman–Crippen MR) is 113 cm³/mol. The summed E-state index contributed by atoms with van der Waals surface area (Å²) in [5.41, 5.74) is 0.457. The second-order valence-corrected chi connectivity index (χ2v) is 7.66. The summed E-state index contributed by atoms with van der Waals surface area (Å²) >= 11 is 11.8. The van der Waals surface area contributed by atoms with Crippen molar-refractivity contribution in [1.82, 2.24) is 4.90 Å². The van der Waals surface area contributed by atoms with Gasteiger partial charge in [-0.25, -0.2) is 0 Å². The van der Waals surface area contributed by atoms with Gasteiger partial charge in [-0.1, -0.05) is 29.3 Å². The Morgan fingerprint density at radius 2 is 1.50 bits per heavy atom. The van der Waals surface area contributed by atoms with Crippen LogP contribution in [-0.2, 0) is 9.59 Å². The normalized spacial score (nSPS) is 17.2. The third kappa shape index (κ3) is 5.35. The van der Waals surface area contributed by atoms with E-state index in [1.807, 2.05) is 0 Å². The highest BCUT2D eigenvalue weighted by molar-refractivity contribution is 6.42. The number of piperidine rings is 1. The lowest BCUT2D eigenvalue weighted by Gasteiger charge is -2.30. The zero-order valence-corrected chi connectivity index (χ0v) is 17.5. The Bertz CT molecular complexity index is 1160. The molecule has 0 bridgehead atoms. The van der Waals surface area contributed by atoms with Crippen molar-refractivity contribution in [3.63, 3.8) is 0 Å². The molecule has 0 unspecified atom stereocenters. The largest absolute Gasteiger partial charge is 0.471 e. The summed E-state index contributed by atoms with van der Waals surface area (Å²) in [5, 5.41) is 11.2. The van der Waals surface area contributed by atoms with Crippen LogP contribution >= 0.6 is 23.2 Å². The average molecular weight is 485 g/mol. The number of Topliss-reactive ketones (excluding diaryl/α,β-unsaturated/α-hetero) is 1. The molecule has 1 aliphatic heterocycles. The summed E-state index contributed by atoms with van der Waals surface area (Å²) in [7, 11) is 0. The van der Waals surface area contributed by atoms with Crippen LogP contribution < -0.4 is 0 Å². The zero-order chi connectivity index (χ0) is 23.6. The van der Waals surface area contributed by atoms with Crippen LogP contribution in [0.15, 0.2) is 53.6 Å². The molecule has 11 heteroatoms. The molecule has 3 rings (SSSR count). The van der Waals surface area contributed by atoms with Crippen molar-refractivity contribution in [2.45, 2.75) is 6.18 Å². The van der Waals surface area contributed by atoms with E-state index in [0.29, 0.717) is 16.0 Å². The third-order valence-electron chi connectivity index (χ3n) is 4.56. The maximum Gasteiger partial charge on any atom is 0.471 e. The van der Waals surface area contributed by atoms with Crippen LogP contribution in [0.25, 0.3) is 12.2 Å². The number of carbonyl (C=O) groups is 2. The fourth-order valence-corrected chi connectivity index (χ4v) is 3.37. The fraction of sp³-hybridized carbons (Fsp3) is 0.143. The van der Waals surface area contributed by atoms with Crippen LogP contribution in [0, 0.1) is 10.1 Å². The number of hydrogen-bond acceptors (Lipinski definition) is 4. The molecule has 6 nitrogen and oxygen atoms in total. The first-order valence-electron chi connectivity index (χ1n) is 8.97. The van der Waals surface area contributed by atoms with Crippen molar-refractivity contribution in [3.05, 3.63) is 84.9 Å². The van der Waals surface area contributed by atoms with Crippen molar-refractivity contribution < 1.29 is 27.7 Å². The molecule has 0 aliphatic carbocycles. The van der Waals surface area contributed by atoms with E-state index in [2.05, 4.69) is 0 Å². The lowest BCUT2D eigenvalue weighted by molar-refractivity contribution is -0.384. The van der Waals surface area contributed by atoms with E-state index in [1.165, 1.54) is 54.6 Å². The minimum atomic E-state index is -5.12. The molecule has 1 saturated heterocycles. The number of benzene rings is 2. The van der Waals surface area contributed by atoms with Gasteiger partial charge in [0.15, 0.2) is 5.78 Å². The van der Waals surface area contributed by atoms with E-state index in [1.54, 1.807) is 0 Å². The summed E-state index contributed by atoms with van der Waals surface area (Å²) in [6.07, 6.45) is -2.48. The second-order valence-electron chi connectivity index (χ2n) is 6.85. The molecule has 1 fully saturated rings. The van der Waals surface area contributed by atoms with Crippen molar-refractivity contribution in [2.24, 2.45) is 0 Å². The number of amides is 1. The first-order valence-corrected chi connectivity index (χ1v) is 9.73. The number of likely N-dealkylation sites (tertiary alicyclic amines) is 1. The first kappa shape index (κ1) is 23.5. The molecule has 1 amide bonds. The van der Waals surface area contributed by atoms with Gasteiger partial charge in [-0.2, -0.15) is 13.2 Å². The number of nitrogens with zero attached hydrogens (tertiary/aromatic N) is 2. The van der Waals surface area contributed by atoms with E-state index in [0.717, 1.165) is 0 Å². The van der Waals surface area contributed by atoms with E-state index in [4.69, 9.17) is 23.2 Å². The van der Waals surface area contributed by atoms with Crippen LogP contribution in [0.3, 0.4) is 0 Å². The lowest BCUT2D eigenvalue weighted by atomic mass is 9.94. The molecule has 0 spiro atoms. The monoisotopic (exact) mass is 484 g/mol. The summed E-state index contributed by atoms with van der Waals surface area (Å²) in [5.74, 6) is -2.64. The van der Waals surface area contributed by atoms with Gasteiger partial charge in [-0.05, 0) is 47.5 Å². The van der Waals surface area contributed by atoms with E-state index in [-0.39, 0.29) is 26.9 Å².